The number of nitrogens with zero attached hydrogens (tertiary/aromatic N) is 1. The standard InChI is InChI=1S/C30H29Cl2FN2O3/c1-16-11-21-19-7-5-6-8-24(19)34-27(21)28(35(16)15-30(2,3)33)26-22(31)12-18(13-23(26)32)17-9-10-20(29(36)37)25(14-17)38-4/h5-10,12-14,16,28,34H,11,15H2,1-4H3,(H,36,37)/t16-,28-/m1/s1. The van der Waals surface area contributed by atoms with Crippen LogP contribution < -0.4 is 4.74 Å². The van der Waals surface area contributed by atoms with Crippen molar-refractivity contribution in [1.29, 1.82) is 0 Å². The predicted molar refractivity (Wildman–Crippen MR) is 151 cm³/mol. The van der Waals surface area contributed by atoms with E-state index in [1.165, 1.54) is 18.7 Å². The molecule has 2 heterocycles. The number of hydrogen-bond donors (Lipinski definition) is 2. The number of fused-ring (bicyclic) bond motifs is 3. The van der Waals surface area contributed by atoms with Crippen LogP contribution in [0.2, 0.25) is 10.0 Å². The van der Waals surface area contributed by atoms with Crippen LogP contribution in [0.5, 0.6) is 5.75 Å². The third-order valence-corrected chi connectivity index (χ3v) is 7.82. The number of H-pyrrole nitrogens is 1. The Bertz CT molecular complexity index is 1520. The van der Waals surface area contributed by atoms with Gasteiger partial charge in [0.25, 0.3) is 0 Å². The molecule has 5 rings (SSSR count). The Morgan fingerprint density at radius 1 is 1.13 bits per heavy atom. The Labute approximate surface area is 231 Å². The Morgan fingerprint density at radius 3 is 2.45 bits per heavy atom. The molecular weight excluding hydrogens is 526 g/mol. The molecule has 5 nitrogen and oxygen atoms in total. The van der Waals surface area contributed by atoms with Crippen molar-refractivity contribution in [2.24, 2.45) is 0 Å². The number of alkyl halides is 1. The molecule has 4 aromatic rings. The molecule has 1 aliphatic heterocycles. The summed E-state index contributed by atoms with van der Waals surface area (Å²) >= 11 is 14.0. The number of ether oxygens (including phenoxy) is 1. The second kappa shape index (κ2) is 9.92. The number of rotatable bonds is 6. The zero-order chi connectivity index (χ0) is 27.4. The third-order valence-electron chi connectivity index (χ3n) is 7.19. The van der Waals surface area contributed by atoms with Gasteiger partial charge in [-0.15, -0.1) is 0 Å². The van der Waals surface area contributed by atoms with Gasteiger partial charge in [0.15, 0.2) is 0 Å². The summed E-state index contributed by atoms with van der Waals surface area (Å²) in [6, 6.07) is 16.3. The largest absolute Gasteiger partial charge is 0.496 e. The highest BCUT2D eigenvalue weighted by atomic mass is 35.5. The van der Waals surface area contributed by atoms with Gasteiger partial charge >= 0.3 is 5.97 Å². The van der Waals surface area contributed by atoms with E-state index < -0.39 is 11.6 Å². The zero-order valence-electron chi connectivity index (χ0n) is 21.6. The van der Waals surface area contributed by atoms with Crippen LogP contribution in [0.1, 0.15) is 54.0 Å². The minimum Gasteiger partial charge on any atom is -0.496 e. The Hall–Kier alpha value is -3.06. The van der Waals surface area contributed by atoms with Crippen LogP contribution in [0.4, 0.5) is 4.39 Å². The van der Waals surface area contributed by atoms with E-state index in [1.54, 1.807) is 26.0 Å². The van der Waals surface area contributed by atoms with Gasteiger partial charge in [-0.05, 0) is 74.2 Å². The van der Waals surface area contributed by atoms with E-state index in [9.17, 15) is 9.90 Å². The van der Waals surface area contributed by atoms with Crippen LogP contribution in [-0.4, -0.2) is 46.3 Å². The van der Waals surface area contributed by atoms with Gasteiger partial charge in [-0.25, -0.2) is 9.18 Å². The van der Waals surface area contributed by atoms with Crippen LogP contribution in [0.15, 0.2) is 54.6 Å². The molecule has 1 aromatic heterocycles. The number of methoxy groups -OCH3 is 1. The Balaban J connectivity index is 1.67. The van der Waals surface area contributed by atoms with Gasteiger partial charge in [0, 0.05) is 44.8 Å². The van der Waals surface area contributed by atoms with E-state index in [1.807, 2.05) is 30.3 Å². The second-order valence-corrected chi connectivity index (χ2v) is 11.3. The first kappa shape index (κ1) is 26.5. The Kier molecular flexibility index (Phi) is 6.93. The summed E-state index contributed by atoms with van der Waals surface area (Å²) in [6.07, 6.45) is 0.773. The van der Waals surface area contributed by atoms with Crippen LogP contribution in [-0.2, 0) is 6.42 Å². The van der Waals surface area contributed by atoms with Crippen molar-refractivity contribution >= 4 is 40.1 Å². The van der Waals surface area contributed by atoms with Gasteiger partial charge in [-0.3, -0.25) is 4.90 Å². The fourth-order valence-electron chi connectivity index (χ4n) is 5.56. The molecule has 3 aromatic carbocycles. The lowest BCUT2D eigenvalue weighted by atomic mass is 9.87. The summed E-state index contributed by atoms with van der Waals surface area (Å²) < 4.78 is 20.4. The van der Waals surface area contributed by atoms with E-state index in [0.29, 0.717) is 21.2 Å². The number of hydrogen-bond acceptors (Lipinski definition) is 3. The molecule has 0 spiro atoms. The lowest BCUT2D eigenvalue weighted by molar-refractivity contribution is 0.0668. The van der Waals surface area contributed by atoms with Gasteiger partial charge in [-0.1, -0.05) is 47.5 Å². The van der Waals surface area contributed by atoms with E-state index in [2.05, 4.69) is 22.9 Å². The number of aromatic carboxylic acids is 1. The summed E-state index contributed by atoms with van der Waals surface area (Å²) in [6.45, 7) is 5.47. The van der Waals surface area contributed by atoms with Crippen molar-refractivity contribution in [2.75, 3.05) is 13.7 Å². The number of para-hydroxylation sites is 1. The number of benzene rings is 3. The van der Waals surface area contributed by atoms with Gasteiger partial charge < -0.3 is 14.8 Å². The average molecular weight is 555 g/mol. The highest BCUT2D eigenvalue weighted by Crippen LogP contribution is 2.47. The SMILES string of the molecule is COc1cc(-c2cc(Cl)c([C@@H]3c4[nH]c5ccccc5c4C[C@@H](C)N3CC(C)(C)F)c(Cl)c2)ccc1C(=O)O. The van der Waals surface area contributed by atoms with Crippen molar-refractivity contribution in [1.82, 2.24) is 9.88 Å². The number of carboxylic acid groups (broad SMARTS) is 1. The van der Waals surface area contributed by atoms with Crippen LogP contribution in [0.3, 0.4) is 0 Å². The average Bonchev–Trinajstić information content (AvgIpc) is 3.22. The maximum Gasteiger partial charge on any atom is 0.339 e. The number of aromatic amines is 1. The summed E-state index contributed by atoms with van der Waals surface area (Å²) in [5.74, 6) is -0.831. The van der Waals surface area contributed by atoms with Crippen molar-refractivity contribution in [3.05, 3.63) is 87.0 Å². The maximum atomic E-state index is 15.1. The molecule has 0 radical (unpaired) electrons. The lowest BCUT2D eigenvalue weighted by Gasteiger charge is -2.43. The quantitative estimate of drug-likeness (QED) is 0.254. The smallest absolute Gasteiger partial charge is 0.339 e. The molecule has 0 unspecified atom stereocenters. The minimum absolute atomic E-state index is 0.0429. The normalized spacial score (nSPS) is 18.0. The van der Waals surface area contributed by atoms with Crippen LogP contribution in [0, 0.1) is 0 Å². The monoisotopic (exact) mass is 554 g/mol. The highest BCUT2D eigenvalue weighted by Gasteiger charge is 2.40. The molecule has 0 saturated carbocycles. The zero-order valence-corrected chi connectivity index (χ0v) is 23.1. The van der Waals surface area contributed by atoms with Gasteiger partial charge in [0.1, 0.15) is 17.0 Å². The summed E-state index contributed by atoms with van der Waals surface area (Å²) in [7, 11) is 1.43. The molecule has 2 N–H and O–H groups in total. The predicted octanol–water partition coefficient (Wildman–Crippen LogP) is 7.93. The summed E-state index contributed by atoms with van der Waals surface area (Å²) in [4.78, 5) is 17.2. The molecule has 38 heavy (non-hydrogen) atoms. The van der Waals surface area contributed by atoms with Gasteiger partial charge in [0.2, 0.25) is 0 Å². The first-order valence-corrected chi connectivity index (χ1v) is 13.2. The number of carbonyl (C=O) groups is 1. The second-order valence-electron chi connectivity index (χ2n) is 10.5. The van der Waals surface area contributed by atoms with Crippen molar-refractivity contribution in [3.63, 3.8) is 0 Å². The molecule has 2 atom stereocenters. The van der Waals surface area contributed by atoms with E-state index >= 15 is 4.39 Å². The van der Waals surface area contributed by atoms with Gasteiger partial charge in [-0.2, -0.15) is 0 Å². The van der Waals surface area contributed by atoms with Crippen molar-refractivity contribution in [2.45, 2.75) is 44.9 Å². The molecule has 198 valence electrons. The minimum atomic E-state index is -1.43. The lowest BCUT2D eigenvalue weighted by Crippen LogP contribution is -2.47. The van der Waals surface area contributed by atoms with Gasteiger partial charge in [0.05, 0.1) is 13.2 Å². The molecular formula is C30H29Cl2FN2O3. The highest BCUT2D eigenvalue weighted by molar-refractivity contribution is 6.36. The summed E-state index contributed by atoms with van der Waals surface area (Å²) in [5.41, 5.74) is 3.95. The fraction of sp³-hybridized carbons (Fsp3) is 0.300. The van der Waals surface area contributed by atoms with Crippen molar-refractivity contribution in [3.8, 4) is 16.9 Å². The first-order chi connectivity index (χ1) is 18.0. The summed E-state index contributed by atoms with van der Waals surface area (Å²) in [5, 5.41) is 11.5. The van der Waals surface area contributed by atoms with E-state index in [-0.39, 0.29) is 29.9 Å². The molecule has 0 bridgehead atoms. The number of carboxylic acids is 1. The number of aromatic nitrogens is 1. The third kappa shape index (κ3) is 4.77. The Morgan fingerprint density at radius 2 is 1.82 bits per heavy atom. The fourth-order valence-corrected chi connectivity index (χ4v) is 6.25. The van der Waals surface area contributed by atoms with Crippen LogP contribution >= 0.6 is 23.2 Å². The number of halogens is 3. The molecule has 1 aliphatic rings. The van der Waals surface area contributed by atoms with Crippen LogP contribution in [0.25, 0.3) is 22.0 Å². The van der Waals surface area contributed by atoms with E-state index in [4.69, 9.17) is 27.9 Å². The van der Waals surface area contributed by atoms with Crippen molar-refractivity contribution < 1.29 is 19.0 Å². The molecule has 0 saturated heterocycles. The maximum absolute atomic E-state index is 15.1. The molecule has 0 aliphatic carbocycles. The molecule has 0 amide bonds. The first-order valence-electron chi connectivity index (χ1n) is 12.4. The topological polar surface area (TPSA) is 65.6 Å². The molecule has 0 fully saturated rings. The molecule has 8 heteroatoms. The van der Waals surface area contributed by atoms with E-state index in [0.717, 1.165) is 28.6 Å². The number of nitrogens with one attached hydrogen (secondary N) is 1.